The summed E-state index contributed by atoms with van der Waals surface area (Å²) in [7, 11) is 1.50. The maximum atomic E-state index is 12.9. The van der Waals surface area contributed by atoms with E-state index in [4.69, 9.17) is 4.74 Å². The molecule has 5 nitrogen and oxygen atoms in total. The van der Waals surface area contributed by atoms with Crippen LogP contribution < -0.4 is 15.6 Å². The molecule has 0 saturated heterocycles. The first kappa shape index (κ1) is 17.3. The number of fused-ring (bicyclic) bond motifs is 1. The molecule has 0 fully saturated rings. The molecule has 1 aromatic carbocycles. The highest BCUT2D eigenvalue weighted by Crippen LogP contribution is 2.24. The molecule has 132 valence electrons. The fraction of sp³-hybridized carbons (Fsp3) is 0.400. The van der Waals surface area contributed by atoms with E-state index in [0.29, 0.717) is 24.4 Å². The van der Waals surface area contributed by atoms with E-state index in [-0.39, 0.29) is 11.5 Å². The smallest absolute Gasteiger partial charge is 0.257 e. The molecule has 0 unspecified atom stereocenters. The Morgan fingerprint density at radius 1 is 1.20 bits per heavy atom. The van der Waals surface area contributed by atoms with E-state index in [9.17, 15) is 9.59 Å². The molecule has 2 heterocycles. The Morgan fingerprint density at radius 2 is 1.96 bits per heavy atom. The number of carbonyl (C=O) groups excluding carboxylic acids is 1. The number of rotatable bonds is 4. The van der Waals surface area contributed by atoms with Crippen molar-refractivity contribution in [3.8, 4) is 5.75 Å². The Balaban J connectivity index is 1.90. The predicted octanol–water partition coefficient (Wildman–Crippen LogP) is 2.82. The van der Waals surface area contributed by atoms with Crippen LogP contribution in [0.25, 0.3) is 0 Å². The van der Waals surface area contributed by atoms with Gasteiger partial charge in [0.1, 0.15) is 11.3 Å². The first-order valence-electron chi connectivity index (χ1n) is 8.74. The average molecular weight is 340 g/mol. The van der Waals surface area contributed by atoms with Gasteiger partial charge in [0, 0.05) is 24.8 Å². The van der Waals surface area contributed by atoms with Gasteiger partial charge in [-0.2, -0.15) is 0 Å². The third-order valence-corrected chi connectivity index (χ3v) is 4.70. The monoisotopic (exact) mass is 340 g/mol. The number of ether oxygens (including phenoxy) is 1. The van der Waals surface area contributed by atoms with E-state index in [1.807, 2.05) is 31.2 Å². The van der Waals surface area contributed by atoms with Crippen LogP contribution in [0.4, 0.5) is 0 Å². The lowest BCUT2D eigenvalue weighted by Crippen LogP contribution is -2.30. The fourth-order valence-electron chi connectivity index (χ4n) is 3.30. The molecule has 0 radical (unpaired) electrons. The standard InChI is InChI=1S/C20H24N2O3/c1-14-7-9-15(10-8-14)13-21-20(24)19-16-6-4-3-5-11-22(16)18(23)12-17(19)25-2/h7-10,12H,3-6,11,13H2,1-2H3,(H,21,24). The molecule has 0 bridgehead atoms. The molecule has 1 amide bonds. The van der Waals surface area contributed by atoms with E-state index < -0.39 is 0 Å². The normalized spacial score (nSPS) is 13.7. The number of pyridine rings is 1. The summed E-state index contributed by atoms with van der Waals surface area (Å²) in [5.74, 6) is 0.169. The molecule has 1 aliphatic heterocycles. The number of amides is 1. The zero-order valence-electron chi connectivity index (χ0n) is 14.8. The summed E-state index contributed by atoms with van der Waals surface area (Å²) in [5.41, 5.74) is 3.42. The maximum absolute atomic E-state index is 12.9. The van der Waals surface area contributed by atoms with Gasteiger partial charge in [0.25, 0.3) is 11.5 Å². The number of nitrogens with one attached hydrogen (secondary N) is 1. The summed E-state index contributed by atoms with van der Waals surface area (Å²) in [4.78, 5) is 25.2. The molecule has 0 spiro atoms. The number of hydrogen-bond acceptors (Lipinski definition) is 3. The maximum Gasteiger partial charge on any atom is 0.257 e. The van der Waals surface area contributed by atoms with Gasteiger partial charge in [-0.1, -0.05) is 36.2 Å². The van der Waals surface area contributed by atoms with Crippen molar-refractivity contribution in [3.05, 3.63) is 63.1 Å². The highest BCUT2D eigenvalue weighted by atomic mass is 16.5. The molecular weight excluding hydrogens is 316 g/mol. The predicted molar refractivity (Wildman–Crippen MR) is 97.2 cm³/mol. The van der Waals surface area contributed by atoms with Crippen LogP contribution >= 0.6 is 0 Å². The average Bonchev–Trinajstić information content (AvgIpc) is 2.87. The minimum atomic E-state index is -0.192. The summed E-state index contributed by atoms with van der Waals surface area (Å²) in [6, 6.07) is 9.48. The number of aryl methyl sites for hydroxylation is 1. The first-order chi connectivity index (χ1) is 12.1. The summed E-state index contributed by atoms with van der Waals surface area (Å²) >= 11 is 0. The van der Waals surface area contributed by atoms with Crippen molar-refractivity contribution >= 4 is 5.91 Å². The van der Waals surface area contributed by atoms with Crippen molar-refractivity contribution < 1.29 is 9.53 Å². The fourth-order valence-corrected chi connectivity index (χ4v) is 3.30. The molecule has 0 aliphatic carbocycles. The van der Waals surface area contributed by atoms with E-state index in [1.165, 1.54) is 18.7 Å². The number of carbonyl (C=O) groups is 1. The zero-order valence-corrected chi connectivity index (χ0v) is 14.8. The van der Waals surface area contributed by atoms with E-state index in [0.717, 1.165) is 36.9 Å². The Kier molecular flexibility index (Phi) is 5.22. The number of methoxy groups -OCH3 is 1. The second kappa shape index (κ2) is 7.55. The van der Waals surface area contributed by atoms with Crippen molar-refractivity contribution in [2.75, 3.05) is 7.11 Å². The van der Waals surface area contributed by atoms with Gasteiger partial charge in [-0.05, 0) is 31.7 Å². The third-order valence-electron chi connectivity index (χ3n) is 4.70. The minimum absolute atomic E-state index is 0.0937. The molecule has 1 aromatic heterocycles. The summed E-state index contributed by atoms with van der Waals surface area (Å²) in [6.07, 6.45) is 3.72. The van der Waals surface area contributed by atoms with Crippen LogP contribution in [0.2, 0.25) is 0 Å². The second-order valence-electron chi connectivity index (χ2n) is 6.50. The molecule has 3 rings (SSSR count). The molecule has 0 atom stereocenters. The molecule has 0 saturated carbocycles. The molecular formula is C20H24N2O3. The van der Waals surface area contributed by atoms with Crippen LogP contribution in [0.15, 0.2) is 35.1 Å². The topological polar surface area (TPSA) is 60.3 Å². The highest BCUT2D eigenvalue weighted by Gasteiger charge is 2.23. The van der Waals surface area contributed by atoms with Gasteiger partial charge in [-0.15, -0.1) is 0 Å². The lowest BCUT2D eigenvalue weighted by molar-refractivity contribution is 0.0945. The lowest BCUT2D eigenvalue weighted by Gasteiger charge is -2.17. The van der Waals surface area contributed by atoms with Crippen molar-refractivity contribution in [1.82, 2.24) is 9.88 Å². The van der Waals surface area contributed by atoms with Crippen molar-refractivity contribution in [2.45, 2.75) is 45.7 Å². The van der Waals surface area contributed by atoms with Gasteiger partial charge in [-0.3, -0.25) is 9.59 Å². The Hall–Kier alpha value is -2.56. The first-order valence-corrected chi connectivity index (χ1v) is 8.74. The van der Waals surface area contributed by atoms with Crippen LogP contribution in [0.3, 0.4) is 0 Å². The summed E-state index contributed by atoms with van der Waals surface area (Å²) in [6.45, 7) is 3.14. The van der Waals surface area contributed by atoms with Gasteiger partial charge >= 0.3 is 0 Å². The SMILES string of the molecule is COc1cc(=O)n2c(c1C(=O)NCc1ccc(C)cc1)CCCCC2. The number of nitrogens with zero attached hydrogens (tertiary/aromatic N) is 1. The Labute approximate surface area is 147 Å². The number of aromatic nitrogens is 1. The van der Waals surface area contributed by atoms with Crippen LogP contribution in [0.5, 0.6) is 5.75 Å². The van der Waals surface area contributed by atoms with Crippen molar-refractivity contribution in [3.63, 3.8) is 0 Å². The van der Waals surface area contributed by atoms with Gasteiger partial charge in [0.15, 0.2) is 0 Å². The Morgan fingerprint density at radius 3 is 2.68 bits per heavy atom. The number of benzene rings is 1. The summed E-state index contributed by atoms with van der Waals surface area (Å²) in [5, 5.41) is 2.97. The van der Waals surface area contributed by atoms with Crippen LogP contribution in [-0.2, 0) is 19.5 Å². The van der Waals surface area contributed by atoms with Crippen LogP contribution in [0.1, 0.15) is 46.4 Å². The van der Waals surface area contributed by atoms with E-state index in [1.54, 1.807) is 4.57 Å². The minimum Gasteiger partial charge on any atom is -0.496 e. The Bertz CT molecular complexity index is 822. The molecule has 2 aromatic rings. The largest absolute Gasteiger partial charge is 0.496 e. The van der Waals surface area contributed by atoms with Gasteiger partial charge in [0.2, 0.25) is 0 Å². The van der Waals surface area contributed by atoms with Crippen molar-refractivity contribution in [1.29, 1.82) is 0 Å². The van der Waals surface area contributed by atoms with Crippen LogP contribution in [0, 0.1) is 6.92 Å². The quantitative estimate of drug-likeness (QED) is 0.931. The molecule has 25 heavy (non-hydrogen) atoms. The van der Waals surface area contributed by atoms with Gasteiger partial charge in [-0.25, -0.2) is 0 Å². The zero-order chi connectivity index (χ0) is 17.8. The van der Waals surface area contributed by atoms with Crippen LogP contribution in [-0.4, -0.2) is 17.6 Å². The molecule has 1 N–H and O–H groups in total. The van der Waals surface area contributed by atoms with Gasteiger partial charge in [0.05, 0.1) is 7.11 Å². The second-order valence-corrected chi connectivity index (χ2v) is 6.50. The van der Waals surface area contributed by atoms with Crippen molar-refractivity contribution in [2.24, 2.45) is 0 Å². The van der Waals surface area contributed by atoms with E-state index >= 15 is 0 Å². The molecule has 5 heteroatoms. The lowest BCUT2D eigenvalue weighted by atomic mass is 10.1. The number of hydrogen-bond donors (Lipinski definition) is 1. The third kappa shape index (κ3) is 3.76. The highest BCUT2D eigenvalue weighted by molar-refractivity contribution is 5.98. The molecule has 1 aliphatic rings. The van der Waals surface area contributed by atoms with Gasteiger partial charge < -0.3 is 14.6 Å². The summed E-state index contributed by atoms with van der Waals surface area (Å²) < 4.78 is 7.08. The van der Waals surface area contributed by atoms with E-state index in [2.05, 4.69) is 5.32 Å².